The van der Waals surface area contributed by atoms with Crippen molar-refractivity contribution in [2.45, 2.75) is 6.54 Å². The molecule has 17 heavy (non-hydrogen) atoms. The number of hydrogen-bond acceptors (Lipinski definition) is 2. The first-order valence-corrected chi connectivity index (χ1v) is 5.90. The molecule has 0 bridgehead atoms. The van der Waals surface area contributed by atoms with Gasteiger partial charge >= 0.3 is 0 Å². The molecule has 0 spiro atoms. The molecule has 2 aromatic carbocycles. The fraction of sp³-hybridized carbons (Fsp3) is 0.143. The molecule has 0 aliphatic carbocycles. The molecule has 0 saturated heterocycles. The van der Waals surface area contributed by atoms with Gasteiger partial charge in [0.1, 0.15) is 0 Å². The van der Waals surface area contributed by atoms with Gasteiger partial charge in [-0.05, 0) is 17.7 Å². The number of para-hydroxylation sites is 1. The molecule has 3 aromatic rings. The van der Waals surface area contributed by atoms with Gasteiger partial charge in [0.05, 0.1) is 6.67 Å². The van der Waals surface area contributed by atoms with E-state index >= 15 is 0 Å². The van der Waals surface area contributed by atoms with Crippen molar-refractivity contribution in [2.24, 2.45) is 0 Å². The molecule has 0 atom stereocenters. The summed E-state index contributed by atoms with van der Waals surface area (Å²) in [7, 11) is 0. The Morgan fingerprint density at radius 2 is 1.88 bits per heavy atom. The highest BCUT2D eigenvalue weighted by Gasteiger charge is 2.14. The SMILES string of the molecule is c1ccc2c(c1)[nH]c1ccc3c(c12)NCNC3. The van der Waals surface area contributed by atoms with Crippen molar-refractivity contribution < 1.29 is 0 Å². The Morgan fingerprint density at radius 1 is 0.941 bits per heavy atom. The van der Waals surface area contributed by atoms with Crippen molar-refractivity contribution in [3.8, 4) is 0 Å². The molecule has 0 fully saturated rings. The molecule has 0 amide bonds. The molecule has 1 aromatic heterocycles. The smallest absolute Gasteiger partial charge is 0.0656 e. The summed E-state index contributed by atoms with van der Waals surface area (Å²) in [5.41, 5.74) is 5.03. The van der Waals surface area contributed by atoms with Crippen LogP contribution in [0.4, 0.5) is 5.69 Å². The molecule has 1 aliphatic rings. The van der Waals surface area contributed by atoms with Crippen molar-refractivity contribution in [2.75, 3.05) is 12.0 Å². The lowest BCUT2D eigenvalue weighted by molar-refractivity contribution is 0.711. The lowest BCUT2D eigenvalue weighted by Gasteiger charge is -2.20. The Morgan fingerprint density at radius 3 is 2.88 bits per heavy atom. The highest BCUT2D eigenvalue weighted by molar-refractivity contribution is 6.14. The van der Waals surface area contributed by atoms with E-state index in [1.54, 1.807) is 0 Å². The highest BCUT2D eigenvalue weighted by Crippen LogP contribution is 2.34. The Kier molecular flexibility index (Phi) is 1.73. The second kappa shape index (κ2) is 3.25. The number of aromatic amines is 1. The van der Waals surface area contributed by atoms with Crippen molar-refractivity contribution in [1.82, 2.24) is 10.3 Å². The van der Waals surface area contributed by atoms with Crippen LogP contribution in [0.5, 0.6) is 0 Å². The van der Waals surface area contributed by atoms with Crippen LogP contribution < -0.4 is 10.6 Å². The van der Waals surface area contributed by atoms with Crippen LogP contribution >= 0.6 is 0 Å². The maximum absolute atomic E-state index is 3.47. The second-order valence-corrected chi connectivity index (χ2v) is 4.47. The molecular formula is C14H13N3. The molecule has 2 heterocycles. The molecule has 0 unspecified atom stereocenters. The van der Waals surface area contributed by atoms with E-state index in [0.29, 0.717) is 0 Å². The van der Waals surface area contributed by atoms with Crippen LogP contribution in [-0.4, -0.2) is 11.7 Å². The fourth-order valence-corrected chi connectivity index (χ4v) is 2.68. The third kappa shape index (κ3) is 1.20. The van der Waals surface area contributed by atoms with Crippen LogP contribution in [0, 0.1) is 0 Å². The first-order valence-electron chi connectivity index (χ1n) is 5.90. The predicted octanol–water partition coefficient (Wildman–Crippen LogP) is 2.79. The number of fused-ring (bicyclic) bond motifs is 5. The molecule has 4 rings (SSSR count). The zero-order valence-electron chi connectivity index (χ0n) is 9.38. The molecule has 84 valence electrons. The first kappa shape index (κ1) is 9.07. The Hall–Kier alpha value is -2.00. The maximum atomic E-state index is 3.47. The van der Waals surface area contributed by atoms with Gasteiger partial charge in [0, 0.05) is 34.0 Å². The van der Waals surface area contributed by atoms with Crippen LogP contribution in [0.1, 0.15) is 5.56 Å². The van der Waals surface area contributed by atoms with Crippen molar-refractivity contribution >= 4 is 27.5 Å². The average Bonchev–Trinajstić information content (AvgIpc) is 2.77. The Labute approximate surface area is 98.8 Å². The van der Waals surface area contributed by atoms with Crippen LogP contribution in [0.2, 0.25) is 0 Å². The van der Waals surface area contributed by atoms with Crippen molar-refractivity contribution in [1.29, 1.82) is 0 Å². The van der Waals surface area contributed by atoms with Crippen molar-refractivity contribution in [3.63, 3.8) is 0 Å². The van der Waals surface area contributed by atoms with Gasteiger partial charge in [-0.15, -0.1) is 0 Å². The van der Waals surface area contributed by atoms with Gasteiger partial charge < -0.3 is 10.3 Å². The lowest BCUT2D eigenvalue weighted by atomic mass is 10.0. The normalized spacial score (nSPS) is 14.8. The van der Waals surface area contributed by atoms with Crippen LogP contribution in [0.3, 0.4) is 0 Å². The summed E-state index contributed by atoms with van der Waals surface area (Å²) in [6, 6.07) is 12.8. The number of hydrogen-bond donors (Lipinski definition) is 3. The largest absolute Gasteiger partial charge is 0.372 e. The van der Waals surface area contributed by atoms with Crippen LogP contribution in [0.15, 0.2) is 36.4 Å². The standard InChI is InChI=1S/C14H13N3/c1-2-4-11-10(3-1)13-12(17-11)6-5-9-7-15-8-16-14(9)13/h1-6,15-17H,7-8H2. The summed E-state index contributed by atoms with van der Waals surface area (Å²) in [6.45, 7) is 1.78. The first-order chi connectivity index (χ1) is 8.43. The van der Waals surface area contributed by atoms with Crippen LogP contribution in [-0.2, 0) is 6.54 Å². The summed E-state index contributed by atoms with van der Waals surface area (Å²) in [4.78, 5) is 3.47. The van der Waals surface area contributed by atoms with E-state index in [9.17, 15) is 0 Å². The zero-order valence-corrected chi connectivity index (χ0v) is 9.38. The summed E-state index contributed by atoms with van der Waals surface area (Å²) >= 11 is 0. The van der Waals surface area contributed by atoms with Crippen molar-refractivity contribution in [3.05, 3.63) is 42.0 Å². The second-order valence-electron chi connectivity index (χ2n) is 4.47. The Bertz CT molecular complexity index is 712. The fourth-order valence-electron chi connectivity index (χ4n) is 2.68. The van der Waals surface area contributed by atoms with Crippen LogP contribution in [0.25, 0.3) is 21.8 Å². The molecule has 0 saturated carbocycles. The van der Waals surface area contributed by atoms with E-state index in [0.717, 1.165) is 13.2 Å². The molecular weight excluding hydrogens is 210 g/mol. The number of anilines is 1. The molecule has 3 nitrogen and oxygen atoms in total. The number of rotatable bonds is 0. The van der Waals surface area contributed by atoms with E-state index in [2.05, 4.69) is 52.0 Å². The summed E-state index contributed by atoms with van der Waals surface area (Å²) in [6.07, 6.45) is 0. The number of aromatic nitrogens is 1. The molecule has 3 heteroatoms. The third-order valence-corrected chi connectivity index (χ3v) is 3.46. The van der Waals surface area contributed by atoms with E-state index in [-0.39, 0.29) is 0 Å². The lowest BCUT2D eigenvalue weighted by Crippen LogP contribution is -2.27. The molecule has 1 aliphatic heterocycles. The van der Waals surface area contributed by atoms with Gasteiger partial charge in [0.15, 0.2) is 0 Å². The van der Waals surface area contributed by atoms with E-state index in [4.69, 9.17) is 0 Å². The summed E-state index contributed by atoms with van der Waals surface area (Å²) < 4.78 is 0. The summed E-state index contributed by atoms with van der Waals surface area (Å²) in [5.74, 6) is 0. The monoisotopic (exact) mass is 223 g/mol. The average molecular weight is 223 g/mol. The van der Waals surface area contributed by atoms with Gasteiger partial charge in [-0.25, -0.2) is 0 Å². The van der Waals surface area contributed by atoms with Gasteiger partial charge in [-0.3, -0.25) is 5.32 Å². The van der Waals surface area contributed by atoms with Gasteiger partial charge in [-0.1, -0.05) is 24.3 Å². The van der Waals surface area contributed by atoms with E-state index in [1.165, 1.54) is 33.1 Å². The summed E-state index contributed by atoms with van der Waals surface area (Å²) in [5, 5.41) is 9.40. The molecule has 0 radical (unpaired) electrons. The zero-order chi connectivity index (χ0) is 11.2. The highest BCUT2D eigenvalue weighted by atomic mass is 15.1. The van der Waals surface area contributed by atoms with Gasteiger partial charge in [0.2, 0.25) is 0 Å². The predicted molar refractivity (Wildman–Crippen MR) is 71.1 cm³/mol. The minimum atomic E-state index is 0.839. The number of H-pyrrole nitrogens is 1. The van der Waals surface area contributed by atoms with E-state index < -0.39 is 0 Å². The van der Waals surface area contributed by atoms with Gasteiger partial charge in [-0.2, -0.15) is 0 Å². The number of nitrogens with one attached hydrogen (secondary N) is 3. The maximum Gasteiger partial charge on any atom is 0.0656 e. The third-order valence-electron chi connectivity index (χ3n) is 3.46. The Balaban J connectivity index is 2.20. The minimum Gasteiger partial charge on any atom is -0.372 e. The quantitative estimate of drug-likeness (QED) is 0.548. The topological polar surface area (TPSA) is 39.9 Å². The number of benzene rings is 2. The minimum absolute atomic E-state index is 0.839. The molecule has 3 N–H and O–H groups in total. The van der Waals surface area contributed by atoms with Gasteiger partial charge in [0.25, 0.3) is 0 Å². The van der Waals surface area contributed by atoms with E-state index in [1.807, 2.05) is 0 Å².